The molecule has 0 amide bonds. The van der Waals surface area contributed by atoms with Crippen molar-refractivity contribution in [2.75, 3.05) is 6.61 Å². The second-order valence-corrected chi connectivity index (χ2v) is 3.79. The van der Waals surface area contributed by atoms with Crippen molar-refractivity contribution < 1.29 is 4.84 Å². The third kappa shape index (κ3) is 2.24. The maximum absolute atomic E-state index is 5.53. The van der Waals surface area contributed by atoms with Gasteiger partial charge in [0.25, 0.3) is 0 Å². The fourth-order valence-corrected chi connectivity index (χ4v) is 1.58. The minimum atomic E-state index is 0.681. The van der Waals surface area contributed by atoms with Gasteiger partial charge in [-0.15, -0.1) is 5.10 Å². The Hall–Kier alpha value is -1.77. The first-order valence-corrected chi connectivity index (χ1v) is 5.55. The Morgan fingerprint density at radius 3 is 2.94 bits per heavy atom. The molecule has 0 bridgehead atoms. The molecule has 0 fully saturated rings. The van der Waals surface area contributed by atoms with Crippen LogP contribution in [-0.4, -0.2) is 16.6 Å². The number of nitrogens with zero attached hydrogens (tertiary/aromatic N) is 2. The zero-order valence-corrected chi connectivity index (χ0v) is 9.68. The van der Waals surface area contributed by atoms with Gasteiger partial charge in [0.1, 0.15) is 12.3 Å². The molecular weight excluding hydrogens is 200 g/mol. The average molecular weight is 216 g/mol. The second kappa shape index (κ2) is 4.84. The Balaban J connectivity index is 2.29. The molecule has 0 spiro atoms. The molecule has 1 heterocycles. The van der Waals surface area contributed by atoms with E-state index < -0.39 is 0 Å². The first kappa shape index (κ1) is 10.7. The van der Waals surface area contributed by atoms with Gasteiger partial charge in [-0.3, -0.25) is 0 Å². The molecule has 0 radical (unpaired) electrons. The zero-order valence-electron chi connectivity index (χ0n) is 9.68. The molecule has 0 N–H and O–H groups in total. The predicted molar refractivity (Wildman–Crippen MR) is 64.1 cm³/mol. The lowest BCUT2D eigenvalue weighted by Crippen LogP contribution is -2.14. The highest BCUT2D eigenvalue weighted by molar-refractivity contribution is 5.59. The summed E-state index contributed by atoms with van der Waals surface area (Å²) in [7, 11) is 0. The van der Waals surface area contributed by atoms with Crippen LogP contribution < -0.4 is 4.84 Å². The van der Waals surface area contributed by atoms with Crippen molar-refractivity contribution in [2.45, 2.75) is 20.3 Å². The van der Waals surface area contributed by atoms with Gasteiger partial charge in [-0.1, -0.05) is 35.5 Å². The maximum Gasteiger partial charge on any atom is 0.116 e. The topological polar surface area (TPSA) is 27.1 Å². The van der Waals surface area contributed by atoms with Crippen LogP contribution in [0, 0.1) is 6.92 Å². The summed E-state index contributed by atoms with van der Waals surface area (Å²) in [5.74, 6) is 0. The summed E-state index contributed by atoms with van der Waals surface area (Å²) in [6.45, 7) is 4.84. The van der Waals surface area contributed by atoms with E-state index in [0.29, 0.717) is 6.61 Å². The van der Waals surface area contributed by atoms with Gasteiger partial charge in [-0.2, -0.15) is 0 Å². The third-order valence-corrected chi connectivity index (χ3v) is 2.34. The molecule has 0 aliphatic rings. The molecule has 0 atom stereocenters. The normalized spacial score (nSPS) is 10.4. The van der Waals surface area contributed by atoms with Crippen LogP contribution in [0.3, 0.4) is 0 Å². The van der Waals surface area contributed by atoms with E-state index in [1.54, 1.807) is 11.0 Å². The molecule has 0 aliphatic heterocycles. The van der Waals surface area contributed by atoms with E-state index in [2.05, 4.69) is 37.1 Å². The lowest BCUT2D eigenvalue weighted by molar-refractivity contribution is 0.0865. The zero-order chi connectivity index (χ0) is 11.4. The largest absolute Gasteiger partial charge is 0.396 e. The highest BCUT2D eigenvalue weighted by Crippen LogP contribution is 2.19. The van der Waals surface area contributed by atoms with E-state index >= 15 is 0 Å². The summed E-state index contributed by atoms with van der Waals surface area (Å²) in [6.07, 6.45) is 2.74. The van der Waals surface area contributed by atoms with E-state index in [9.17, 15) is 0 Å². The Morgan fingerprint density at radius 1 is 1.31 bits per heavy atom. The highest BCUT2D eigenvalue weighted by Gasteiger charge is 2.05. The van der Waals surface area contributed by atoms with E-state index in [1.165, 1.54) is 5.56 Å². The van der Waals surface area contributed by atoms with Crippen LogP contribution >= 0.6 is 0 Å². The van der Waals surface area contributed by atoms with Gasteiger partial charge in [0, 0.05) is 5.56 Å². The van der Waals surface area contributed by atoms with Crippen LogP contribution in [0.25, 0.3) is 11.3 Å². The highest BCUT2D eigenvalue weighted by atomic mass is 16.7. The molecule has 2 rings (SSSR count). The number of rotatable bonds is 4. The number of benzene rings is 1. The van der Waals surface area contributed by atoms with Crippen molar-refractivity contribution in [1.82, 2.24) is 9.94 Å². The summed E-state index contributed by atoms with van der Waals surface area (Å²) in [5.41, 5.74) is 3.37. The quantitative estimate of drug-likeness (QED) is 0.785. The van der Waals surface area contributed by atoms with E-state index in [-0.39, 0.29) is 0 Å². The monoisotopic (exact) mass is 216 g/mol. The van der Waals surface area contributed by atoms with Gasteiger partial charge in [-0.05, 0) is 25.5 Å². The number of aromatic nitrogens is 2. The lowest BCUT2D eigenvalue weighted by Gasteiger charge is -2.08. The van der Waals surface area contributed by atoms with Gasteiger partial charge < -0.3 is 4.84 Å². The maximum atomic E-state index is 5.53. The fraction of sp³-hybridized carbons (Fsp3) is 0.308. The molecule has 84 valence electrons. The fourth-order valence-electron chi connectivity index (χ4n) is 1.58. The molecule has 0 saturated carbocycles. The molecule has 0 saturated heterocycles. The van der Waals surface area contributed by atoms with Gasteiger partial charge in [0.05, 0.1) is 6.20 Å². The summed E-state index contributed by atoms with van der Waals surface area (Å²) in [5, 5.41) is 4.15. The van der Waals surface area contributed by atoms with E-state index in [4.69, 9.17) is 4.84 Å². The van der Waals surface area contributed by atoms with Gasteiger partial charge in [-0.25, -0.2) is 0 Å². The molecular formula is C13H16N2O. The van der Waals surface area contributed by atoms with Crippen LogP contribution in [0.15, 0.2) is 36.5 Å². The third-order valence-electron chi connectivity index (χ3n) is 2.34. The first-order valence-electron chi connectivity index (χ1n) is 5.55. The SMILES string of the molecule is CCCOn1nccc1-c1cccc(C)c1. The second-order valence-electron chi connectivity index (χ2n) is 3.79. The number of aryl methyl sites for hydroxylation is 1. The van der Waals surface area contributed by atoms with Crippen molar-refractivity contribution in [3.05, 3.63) is 42.1 Å². The molecule has 1 aromatic carbocycles. The van der Waals surface area contributed by atoms with Crippen molar-refractivity contribution in [1.29, 1.82) is 0 Å². The Morgan fingerprint density at radius 2 is 2.19 bits per heavy atom. The van der Waals surface area contributed by atoms with Crippen LogP contribution in [0.4, 0.5) is 0 Å². The van der Waals surface area contributed by atoms with E-state index in [0.717, 1.165) is 17.7 Å². The summed E-state index contributed by atoms with van der Waals surface area (Å²) >= 11 is 0. The molecule has 0 aliphatic carbocycles. The summed E-state index contributed by atoms with van der Waals surface area (Å²) < 4.78 is 0. The predicted octanol–water partition coefficient (Wildman–Crippen LogP) is 2.70. The van der Waals surface area contributed by atoms with Crippen molar-refractivity contribution in [3.8, 4) is 11.3 Å². The number of hydrogen-bond acceptors (Lipinski definition) is 2. The molecule has 0 unspecified atom stereocenters. The molecule has 2 aromatic rings. The Labute approximate surface area is 95.6 Å². The lowest BCUT2D eigenvalue weighted by atomic mass is 10.1. The standard InChI is InChI=1S/C13H16N2O/c1-3-9-16-15-13(7-8-14-15)12-6-4-5-11(2)10-12/h4-8,10H,3,9H2,1-2H3. The van der Waals surface area contributed by atoms with Crippen LogP contribution in [0.1, 0.15) is 18.9 Å². The first-order chi connectivity index (χ1) is 7.81. The average Bonchev–Trinajstić information content (AvgIpc) is 2.74. The number of hydrogen-bond donors (Lipinski definition) is 0. The van der Waals surface area contributed by atoms with Gasteiger partial charge >= 0.3 is 0 Å². The van der Waals surface area contributed by atoms with Gasteiger partial charge in [0.15, 0.2) is 0 Å². The van der Waals surface area contributed by atoms with Crippen LogP contribution in [-0.2, 0) is 0 Å². The van der Waals surface area contributed by atoms with Gasteiger partial charge in [0.2, 0.25) is 0 Å². The minimum Gasteiger partial charge on any atom is -0.396 e. The molecule has 3 nitrogen and oxygen atoms in total. The van der Waals surface area contributed by atoms with Crippen molar-refractivity contribution in [2.24, 2.45) is 0 Å². The van der Waals surface area contributed by atoms with Crippen molar-refractivity contribution in [3.63, 3.8) is 0 Å². The smallest absolute Gasteiger partial charge is 0.116 e. The molecule has 16 heavy (non-hydrogen) atoms. The summed E-state index contributed by atoms with van der Waals surface area (Å²) in [4.78, 5) is 7.12. The Bertz CT molecular complexity index is 462. The molecule has 1 aromatic heterocycles. The summed E-state index contributed by atoms with van der Waals surface area (Å²) in [6, 6.07) is 10.3. The Kier molecular flexibility index (Phi) is 3.25. The molecule has 3 heteroatoms. The van der Waals surface area contributed by atoms with Crippen molar-refractivity contribution >= 4 is 0 Å². The van der Waals surface area contributed by atoms with E-state index in [1.807, 2.05) is 12.1 Å². The minimum absolute atomic E-state index is 0.681. The van der Waals surface area contributed by atoms with Crippen LogP contribution in [0.2, 0.25) is 0 Å². The van der Waals surface area contributed by atoms with Crippen LogP contribution in [0.5, 0.6) is 0 Å².